The minimum Gasteiger partial charge on any atom is -0.494 e. The zero-order valence-corrected chi connectivity index (χ0v) is 10.5. The van der Waals surface area contributed by atoms with E-state index in [1.807, 2.05) is 0 Å². The van der Waals surface area contributed by atoms with Crippen molar-refractivity contribution in [1.82, 2.24) is 14.8 Å². The highest BCUT2D eigenvalue weighted by Gasteiger charge is 2.13. The maximum atomic E-state index is 13.9. The van der Waals surface area contributed by atoms with E-state index < -0.39 is 11.8 Å². The highest BCUT2D eigenvalue weighted by atomic mass is 19.1. The Morgan fingerprint density at radius 2 is 2.21 bits per heavy atom. The molecule has 6 nitrogen and oxygen atoms in total. The minimum absolute atomic E-state index is 0.0641. The molecule has 19 heavy (non-hydrogen) atoms. The lowest BCUT2D eigenvalue weighted by molar-refractivity contribution is 0.0586. The number of methoxy groups -OCH3 is 2. The number of carbonyl (C=O) groups excluding carboxylic acids is 1. The van der Waals surface area contributed by atoms with Crippen molar-refractivity contribution in [3.63, 3.8) is 0 Å². The summed E-state index contributed by atoms with van der Waals surface area (Å²) in [4.78, 5) is 15.0. The zero-order chi connectivity index (χ0) is 13.8. The first-order chi connectivity index (χ1) is 9.15. The van der Waals surface area contributed by atoms with Crippen LogP contribution in [0, 0.1) is 5.82 Å². The summed E-state index contributed by atoms with van der Waals surface area (Å²) < 4.78 is 24.6. The molecule has 0 fully saturated rings. The average Bonchev–Trinajstić information content (AvgIpc) is 2.89. The number of hydrogen-bond acceptors (Lipinski definition) is 5. The van der Waals surface area contributed by atoms with E-state index >= 15 is 0 Å². The van der Waals surface area contributed by atoms with Crippen molar-refractivity contribution in [2.24, 2.45) is 0 Å². The number of halogens is 1. The number of carbonyl (C=O) groups is 1. The summed E-state index contributed by atoms with van der Waals surface area (Å²) >= 11 is 0. The molecular weight excluding hydrogens is 253 g/mol. The predicted octanol–water partition coefficient (Wildman–Crippen LogP) is 1.26. The van der Waals surface area contributed by atoms with Crippen molar-refractivity contribution < 1.29 is 18.7 Å². The summed E-state index contributed by atoms with van der Waals surface area (Å²) in [6, 6.07) is 4.81. The van der Waals surface area contributed by atoms with Crippen molar-refractivity contribution in [1.29, 1.82) is 0 Å². The minimum atomic E-state index is -0.634. The van der Waals surface area contributed by atoms with Crippen LogP contribution in [0.25, 0.3) is 0 Å². The molecule has 0 atom stereocenters. The summed E-state index contributed by atoms with van der Waals surface area (Å²) in [7, 11) is 2.64. The van der Waals surface area contributed by atoms with E-state index in [1.165, 1.54) is 31.3 Å². The second-order valence-corrected chi connectivity index (χ2v) is 3.69. The van der Waals surface area contributed by atoms with Gasteiger partial charge in [-0.2, -0.15) is 0 Å². The maximum Gasteiger partial charge on any atom is 0.377 e. The third kappa shape index (κ3) is 2.70. The van der Waals surface area contributed by atoms with Crippen LogP contribution in [0.15, 0.2) is 24.5 Å². The van der Waals surface area contributed by atoms with Gasteiger partial charge in [-0.3, -0.25) is 0 Å². The molecule has 0 spiro atoms. The molecule has 2 rings (SSSR count). The van der Waals surface area contributed by atoms with E-state index in [2.05, 4.69) is 14.8 Å². The molecule has 0 bridgehead atoms. The van der Waals surface area contributed by atoms with Gasteiger partial charge in [0.1, 0.15) is 6.33 Å². The fraction of sp³-hybridized carbons (Fsp3) is 0.250. The quantitative estimate of drug-likeness (QED) is 0.779. The van der Waals surface area contributed by atoms with Crippen molar-refractivity contribution >= 4 is 5.97 Å². The Labute approximate surface area is 108 Å². The molecule has 100 valence electrons. The zero-order valence-electron chi connectivity index (χ0n) is 10.5. The molecule has 0 saturated heterocycles. The van der Waals surface area contributed by atoms with Crippen LogP contribution in [-0.2, 0) is 11.3 Å². The van der Waals surface area contributed by atoms with Gasteiger partial charge in [-0.15, -0.1) is 5.10 Å². The molecule has 0 saturated carbocycles. The topological polar surface area (TPSA) is 66.2 Å². The fourth-order valence-electron chi connectivity index (χ4n) is 1.57. The summed E-state index contributed by atoms with van der Waals surface area (Å²) in [5, 5.41) is 3.90. The van der Waals surface area contributed by atoms with Gasteiger partial charge < -0.3 is 9.47 Å². The monoisotopic (exact) mass is 265 g/mol. The number of nitrogens with zero attached hydrogens (tertiary/aromatic N) is 3. The molecule has 0 aliphatic carbocycles. The molecule has 2 aromatic rings. The number of ether oxygens (including phenoxy) is 2. The molecular formula is C12H12FN3O3. The second kappa shape index (κ2) is 5.47. The average molecular weight is 265 g/mol. The number of aromatic nitrogens is 3. The summed E-state index contributed by atoms with van der Waals surface area (Å²) in [6.45, 7) is 0.146. The highest BCUT2D eigenvalue weighted by Crippen LogP contribution is 2.20. The molecule has 1 heterocycles. The molecule has 0 radical (unpaired) electrons. The van der Waals surface area contributed by atoms with Crippen LogP contribution in [0.4, 0.5) is 4.39 Å². The van der Waals surface area contributed by atoms with Crippen molar-refractivity contribution in [2.45, 2.75) is 6.54 Å². The smallest absolute Gasteiger partial charge is 0.377 e. The Hall–Kier alpha value is -2.44. The normalized spacial score (nSPS) is 10.3. The summed E-state index contributed by atoms with van der Waals surface area (Å²) in [5.41, 5.74) is 0.390. The third-order valence-electron chi connectivity index (χ3n) is 2.50. The van der Waals surface area contributed by atoms with Crippen LogP contribution in [0.2, 0.25) is 0 Å². The van der Waals surface area contributed by atoms with E-state index in [1.54, 1.807) is 12.1 Å². The molecule has 1 aromatic heterocycles. The Morgan fingerprint density at radius 3 is 2.89 bits per heavy atom. The van der Waals surface area contributed by atoms with Gasteiger partial charge >= 0.3 is 5.97 Å². The Kier molecular flexibility index (Phi) is 3.74. The molecule has 0 aliphatic heterocycles. The standard InChI is InChI=1S/C12H12FN3O3/c1-18-9-5-3-4-8(10(9)13)6-16-7-14-11(15-16)12(17)19-2/h3-5,7H,6H2,1-2H3. The lowest BCUT2D eigenvalue weighted by atomic mass is 10.2. The Morgan fingerprint density at radius 1 is 1.42 bits per heavy atom. The van der Waals surface area contributed by atoms with Crippen molar-refractivity contribution in [3.05, 3.63) is 41.7 Å². The van der Waals surface area contributed by atoms with Crippen LogP contribution >= 0.6 is 0 Å². The molecule has 1 aromatic carbocycles. The first kappa shape index (κ1) is 13.0. The van der Waals surface area contributed by atoms with Gasteiger partial charge in [-0.05, 0) is 6.07 Å². The molecule has 0 amide bonds. The Balaban J connectivity index is 2.22. The first-order valence-corrected chi connectivity index (χ1v) is 5.45. The van der Waals surface area contributed by atoms with Crippen LogP contribution < -0.4 is 4.74 Å². The molecule has 0 N–H and O–H groups in total. The molecule has 0 unspecified atom stereocenters. The van der Waals surface area contributed by atoms with Gasteiger partial charge in [0.2, 0.25) is 0 Å². The number of esters is 1. The van der Waals surface area contributed by atoms with Gasteiger partial charge in [-0.25, -0.2) is 18.9 Å². The lowest BCUT2D eigenvalue weighted by Gasteiger charge is -2.06. The lowest BCUT2D eigenvalue weighted by Crippen LogP contribution is -2.07. The van der Waals surface area contributed by atoms with Crippen LogP contribution in [0.1, 0.15) is 16.2 Å². The maximum absolute atomic E-state index is 13.9. The predicted molar refractivity (Wildman–Crippen MR) is 63.4 cm³/mol. The van der Waals surface area contributed by atoms with E-state index in [-0.39, 0.29) is 18.1 Å². The first-order valence-electron chi connectivity index (χ1n) is 5.45. The second-order valence-electron chi connectivity index (χ2n) is 3.69. The van der Waals surface area contributed by atoms with Gasteiger partial charge in [0.05, 0.1) is 20.8 Å². The number of hydrogen-bond donors (Lipinski definition) is 0. The largest absolute Gasteiger partial charge is 0.494 e. The Bertz CT molecular complexity index is 598. The van der Waals surface area contributed by atoms with E-state index in [9.17, 15) is 9.18 Å². The van der Waals surface area contributed by atoms with Crippen LogP contribution in [0.5, 0.6) is 5.75 Å². The van der Waals surface area contributed by atoms with Crippen molar-refractivity contribution in [2.75, 3.05) is 14.2 Å². The summed E-state index contributed by atoms with van der Waals surface area (Å²) in [6.07, 6.45) is 1.34. The highest BCUT2D eigenvalue weighted by molar-refractivity contribution is 5.84. The van der Waals surface area contributed by atoms with Gasteiger partial charge in [0.15, 0.2) is 11.6 Å². The number of rotatable bonds is 4. The van der Waals surface area contributed by atoms with E-state index in [4.69, 9.17) is 4.74 Å². The van der Waals surface area contributed by atoms with E-state index in [0.29, 0.717) is 5.56 Å². The number of benzene rings is 1. The van der Waals surface area contributed by atoms with Gasteiger partial charge in [-0.1, -0.05) is 12.1 Å². The van der Waals surface area contributed by atoms with Gasteiger partial charge in [0, 0.05) is 5.56 Å². The fourth-order valence-corrected chi connectivity index (χ4v) is 1.57. The third-order valence-corrected chi connectivity index (χ3v) is 2.50. The van der Waals surface area contributed by atoms with Crippen LogP contribution in [0.3, 0.4) is 0 Å². The van der Waals surface area contributed by atoms with Crippen molar-refractivity contribution in [3.8, 4) is 5.75 Å². The molecule has 0 aliphatic rings. The molecule has 7 heteroatoms. The van der Waals surface area contributed by atoms with Crippen LogP contribution in [-0.4, -0.2) is 35.0 Å². The summed E-state index contributed by atoms with van der Waals surface area (Å²) in [5.74, 6) is -0.999. The van der Waals surface area contributed by atoms with E-state index in [0.717, 1.165) is 0 Å². The van der Waals surface area contributed by atoms with Gasteiger partial charge in [0.25, 0.3) is 5.82 Å². The SMILES string of the molecule is COC(=O)c1ncn(Cc2cccc(OC)c2F)n1.